The Morgan fingerprint density at radius 3 is 2.52 bits per heavy atom. The van der Waals surface area contributed by atoms with Crippen molar-refractivity contribution < 1.29 is 14.1 Å². The molecule has 0 bridgehead atoms. The van der Waals surface area contributed by atoms with Crippen LogP contribution in [0.3, 0.4) is 0 Å². The molecule has 0 aliphatic carbocycles. The molecule has 1 aromatic heterocycles. The van der Waals surface area contributed by atoms with Gasteiger partial charge in [0.25, 0.3) is 5.91 Å². The summed E-state index contributed by atoms with van der Waals surface area (Å²) in [6.45, 7) is 0.680. The van der Waals surface area contributed by atoms with Gasteiger partial charge in [0.15, 0.2) is 0 Å². The van der Waals surface area contributed by atoms with Crippen molar-refractivity contribution in [2.75, 3.05) is 32.6 Å². The molecular formula is C22H24N4O3. The minimum absolute atomic E-state index is 0.0120. The zero-order valence-corrected chi connectivity index (χ0v) is 16.8. The molecule has 7 nitrogen and oxygen atoms in total. The second-order valence-electron chi connectivity index (χ2n) is 7.28. The van der Waals surface area contributed by atoms with Crippen molar-refractivity contribution in [3.63, 3.8) is 0 Å². The zero-order valence-electron chi connectivity index (χ0n) is 16.8. The van der Waals surface area contributed by atoms with Crippen LogP contribution < -0.4 is 9.64 Å². The first-order chi connectivity index (χ1) is 14.1. The quantitative estimate of drug-likeness (QED) is 0.658. The van der Waals surface area contributed by atoms with E-state index in [0.29, 0.717) is 23.8 Å². The van der Waals surface area contributed by atoms with Gasteiger partial charge in [-0.15, -0.1) is 0 Å². The molecule has 1 aliphatic rings. The van der Waals surface area contributed by atoms with E-state index in [-0.39, 0.29) is 11.9 Å². The number of carbonyl (C=O) groups is 1. The van der Waals surface area contributed by atoms with Crippen molar-refractivity contribution in [1.82, 2.24) is 15.0 Å². The number of ether oxygens (including phenoxy) is 1. The van der Waals surface area contributed by atoms with Crippen molar-refractivity contribution in [3.05, 3.63) is 60.0 Å². The fraction of sp³-hybridized carbons (Fsp3) is 0.318. The number of rotatable bonds is 5. The van der Waals surface area contributed by atoms with Crippen molar-refractivity contribution in [2.45, 2.75) is 18.9 Å². The van der Waals surface area contributed by atoms with Gasteiger partial charge in [0.05, 0.1) is 7.11 Å². The first kappa shape index (κ1) is 19.0. The van der Waals surface area contributed by atoms with E-state index in [0.717, 1.165) is 29.8 Å². The summed E-state index contributed by atoms with van der Waals surface area (Å²) < 4.78 is 10.7. The minimum atomic E-state index is -0.199. The van der Waals surface area contributed by atoms with Crippen LogP contribution in [0.1, 0.15) is 35.1 Å². The molecule has 1 fully saturated rings. The van der Waals surface area contributed by atoms with Crippen LogP contribution >= 0.6 is 0 Å². The van der Waals surface area contributed by atoms with Crippen LogP contribution in [-0.2, 0) is 0 Å². The Kier molecular flexibility index (Phi) is 5.20. The molecule has 1 amide bonds. The lowest BCUT2D eigenvalue weighted by Crippen LogP contribution is -2.30. The third kappa shape index (κ3) is 3.81. The lowest BCUT2D eigenvalue weighted by atomic mass is 10.1. The van der Waals surface area contributed by atoms with Crippen molar-refractivity contribution in [1.29, 1.82) is 0 Å². The number of aromatic nitrogens is 2. The summed E-state index contributed by atoms with van der Waals surface area (Å²) >= 11 is 0. The molecule has 0 spiro atoms. The van der Waals surface area contributed by atoms with Crippen LogP contribution in [0.25, 0.3) is 11.4 Å². The molecule has 4 rings (SSSR count). The van der Waals surface area contributed by atoms with E-state index < -0.39 is 0 Å². The number of amides is 1. The van der Waals surface area contributed by atoms with Crippen molar-refractivity contribution >= 4 is 11.6 Å². The molecule has 0 unspecified atom stereocenters. The highest BCUT2D eigenvalue weighted by atomic mass is 16.5. The Labute approximate surface area is 169 Å². The van der Waals surface area contributed by atoms with E-state index in [1.54, 1.807) is 7.11 Å². The Hall–Kier alpha value is -3.35. The van der Waals surface area contributed by atoms with Crippen molar-refractivity contribution in [3.8, 4) is 17.1 Å². The van der Waals surface area contributed by atoms with Gasteiger partial charge in [-0.2, -0.15) is 4.98 Å². The van der Waals surface area contributed by atoms with E-state index >= 15 is 0 Å². The van der Waals surface area contributed by atoms with E-state index in [1.807, 2.05) is 72.4 Å². The molecule has 3 aromatic rings. The van der Waals surface area contributed by atoms with Gasteiger partial charge in [0, 0.05) is 37.5 Å². The Balaban J connectivity index is 1.53. The maximum Gasteiger partial charge on any atom is 0.254 e. The van der Waals surface area contributed by atoms with E-state index in [1.165, 1.54) is 0 Å². The number of carbonyl (C=O) groups excluding carboxylic acids is 1. The Bertz CT molecular complexity index is 980. The normalized spacial score (nSPS) is 16.1. The topological polar surface area (TPSA) is 71.7 Å². The largest absolute Gasteiger partial charge is 0.497 e. The number of benzene rings is 2. The van der Waals surface area contributed by atoms with Gasteiger partial charge in [0.2, 0.25) is 11.7 Å². The second kappa shape index (κ2) is 7.95. The van der Waals surface area contributed by atoms with Gasteiger partial charge in [0.1, 0.15) is 11.8 Å². The number of methoxy groups -OCH3 is 1. The molecule has 1 atom stereocenters. The zero-order chi connectivity index (χ0) is 20.4. The maximum absolute atomic E-state index is 13.1. The van der Waals surface area contributed by atoms with Gasteiger partial charge in [-0.1, -0.05) is 5.16 Å². The lowest BCUT2D eigenvalue weighted by molar-refractivity contribution is 0.0710. The number of likely N-dealkylation sites (tertiary alicyclic amines) is 1. The van der Waals surface area contributed by atoms with E-state index in [2.05, 4.69) is 10.1 Å². The summed E-state index contributed by atoms with van der Waals surface area (Å²) in [5.74, 6) is 1.75. The summed E-state index contributed by atoms with van der Waals surface area (Å²) in [6, 6.07) is 14.9. The Morgan fingerprint density at radius 1 is 1.14 bits per heavy atom. The van der Waals surface area contributed by atoms with Crippen LogP contribution in [-0.4, -0.2) is 48.7 Å². The van der Waals surface area contributed by atoms with E-state index in [9.17, 15) is 4.79 Å². The molecule has 1 aliphatic heterocycles. The highest BCUT2D eigenvalue weighted by molar-refractivity contribution is 5.95. The molecule has 0 radical (unpaired) electrons. The fourth-order valence-corrected chi connectivity index (χ4v) is 3.56. The number of hydrogen-bond acceptors (Lipinski definition) is 6. The molecular weight excluding hydrogens is 368 g/mol. The van der Waals surface area contributed by atoms with Gasteiger partial charge >= 0.3 is 0 Å². The molecule has 29 heavy (non-hydrogen) atoms. The number of anilines is 1. The monoisotopic (exact) mass is 392 g/mol. The van der Waals surface area contributed by atoms with Crippen LogP contribution in [0.15, 0.2) is 53.1 Å². The van der Waals surface area contributed by atoms with Crippen LogP contribution in [0, 0.1) is 0 Å². The standard InChI is InChI=1S/C22H24N4O3/c1-25(2)17-10-6-16(7-11-17)22(27)26-14-4-5-19(26)21-23-20(24-29-21)15-8-12-18(28-3)13-9-15/h6-13,19H,4-5,14H2,1-3H3/t19-/m0/s1. The van der Waals surface area contributed by atoms with E-state index in [4.69, 9.17) is 9.26 Å². The number of nitrogens with zero attached hydrogens (tertiary/aromatic N) is 4. The average molecular weight is 392 g/mol. The maximum atomic E-state index is 13.1. The molecule has 2 heterocycles. The highest BCUT2D eigenvalue weighted by Crippen LogP contribution is 2.33. The smallest absolute Gasteiger partial charge is 0.254 e. The molecule has 2 aromatic carbocycles. The summed E-state index contributed by atoms with van der Waals surface area (Å²) in [6.07, 6.45) is 1.72. The summed E-state index contributed by atoms with van der Waals surface area (Å²) in [4.78, 5) is 21.5. The first-order valence-corrected chi connectivity index (χ1v) is 9.63. The predicted molar refractivity (Wildman–Crippen MR) is 110 cm³/mol. The Morgan fingerprint density at radius 2 is 1.86 bits per heavy atom. The molecule has 150 valence electrons. The molecule has 7 heteroatoms. The molecule has 0 saturated carbocycles. The summed E-state index contributed by atoms with van der Waals surface area (Å²) in [5, 5.41) is 4.11. The molecule has 0 N–H and O–H groups in total. The van der Waals surface area contributed by atoms with Crippen LogP contribution in [0.2, 0.25) is 0 Å². The van der Waals surface area contributed by atoms with Crippen LogP contribution in [0.5, 0.6) is 5.75 Å². The van der Waals surface area contributed by atoms with Gasteiger partial charge in [-0.3, -0.25) is 4.79 Å². The summed E-state index contributed by atoms with van der Waals surface area (Å²) in [7, 11) is 5.58. The molecule has 1 saturated heterocycles. The van der Waals surface area contributed by atoms with Gasteiger partial charge in [-0.25, -0.2) is 0 Å². The summed E-state index contributed by atoms with van der Waals surface area (Å²) in [5.41, 5.74) is 2.56. The van der Waals surface area contributed by atoms with Gasteiger partial charge in [-0.05, 0) is 61.4 Å². The SMILES string of the molecule is COc1ccc(-c2noc([C@@H]3CCCN3C(=O)c3ccc(N(C)C)cc3)n2)cc1. The minimum Gasteiger partial charge on any atom is -0.497 e. The van der Waals surface area contributed by atoms with Gasteiger partial charge < -0.3 is 19.1 Å². The van der Waals surface area contributed by atoms with Crippen molar-refractivity contribution in [2.24, 2.45) is 0 Å². The first-order valence-electron chi connectivity index (χ1n) is 9.63. The third-order valence-electron chi connectivity index (χ3n) is 5.22. The highest BCUT2D eigenvalue weighted by Gasteiger charge is 2.34. The number of hydrogen-bond donors (Lipinski definition) is 0. The fourth-order valence-electron chi connectivity index (χ4n) is 3.56. The predicted octanol–water partition coefficient (Wildman–Crippen LogP) is 3.79. The lowest BCUT2D eigenvalue weighted by Gasteiger charge is -2.22. The second-order valence-corrected chi connectivity index (χ2v) is 7.28. The van der Waals surface area contributed by atoms with Crippen LogP contribution in [0.4, 0.5) is 5.69 Å². The average Bonchev–Trinajstić information content (AvgIpc) is 3.43. The third-order valence-corrected chi connectivity index (χ3v) is 5.22.